The van der Waals surface area contributed by atoms with Crippen molar-refractivity contribution in [3.05, 3.63) is 42.3 Å². The smallest absolute Gasteiger partial charge is 0.259 e. The first-order chi connectivity index (χ1) is 7.43. The van der Waals surface area contributed by atoms with Crippen molar-refractivity contribution < 1.29 is 0 Å². The Labute approximate surface area is 111 Å². The van der Waals surface area contributed by atoms with Gasteiger partial charge in [0.1, 0.15) is 10.2 Å². The fraction of sp³-hybridized carbons (Fsp3) is 0.111. The predicted octanol–water partition coefficient (Wildman–Crippen LogP) is 3.62. The summed E-state index contributed by atoms with van der Waals surface area (Å²) < 4.78 is 1.12. The van der Waals surface area contributed by atoms with E-state index in [9.17, 15) is 4.79 Å². The third kappa shape index (κ3) is 1.68. The Morgan fingerprint density at radius 1 is 1.12 bits per heavy atom. The average Bonchev–Trinajstić information content (AvgIpc) is 2.22. The number of hydrogen-bond acceptors (Lipinski definition) is 2. The molecule has 2 aromatic heterocycles. The van der Waals surface area contributed by atoms with Gasteiger partial charge in [-0.3, -0.25) is 4.79 Å². The molecule has 0 amide bonds. The fourth-order valence-electron chi connectivity index (χ4n) is 1.32. The van der Waals surface area contributed by atoms with Crippen LogP contribution in [0.25, 0.3) is 5.65 Å². The molecule has 0 aliphatic heterocycles. The van der Waals surface area contributed by atoms with Crippen LogP contribution >= 0.6 is 46.4 Å². The normalized spacial score (nSPS) is 11.1. The number of rotatable bonds is 0. The van der Waals surface area contributed by atoms with Crippen molar-refractivity contribution in [2.24, 2.45) is 0 Å². The monoisotopic (exact) mass is 296 g/mol. The Morgan fingerprint density at radius 3 is 2.38 bits per heavy atom. The molecule has 0 N–H and O–H groups in total. The molecule has 0 aromatic carbocycles. The van der Waals surface area contributed by atoms with Gasteiger partial charge in [0, 0.05) is 11.8 Å². The van der Waals surface area contributed by atoms with Crippen molar-refractivity contribution in [2.75, 3.05) is 0 Å². The predicted molar refractivity (Wildman–Crippen MR) is 66.2 cm³/mol. The minimum Gasteiger partial charge on any atom is -0.269 e. The number of halogens is 4. The summed E-state index contributed by atoms with van der Waals surface area (Å²) >= 11 is 23.6. The molecule has 84 valence electrons. The second-order valence-corrected chi connectivity index (χ2v) is 4.62. The van der Waals surface area contributed by atoms with Gasteiger partial charge in [-0.2, -0.15) is 0 Å². The Balaban J connectivity index is 3.15. The SMILES string of the molecule is Cc1cc(=O)n2c(Cl)c(Cl)c(Cl)c(Cl)c2n1. The molecular formula is C9H4Cl4N2O. The van der Waals surface area contributed by atoms with E-state index >= 15 is 0 Å². The van der Waals surface area contributed by atoms with Crippen LogP contribution in [0.4, 0.5) is 0 Å². The van der Waals surface area contributed by atoms with Crippen LogP contribution in [-0.4, -0.2) is 9.38 Å². The molecule has 16 heavy (non-hydrogen) atoms. The average molecular weight is 298 g/mol. The molecule has 2 rings (SSSR count). The van der Waals surface area contributed by atoms with Crippen LogP contribution in [0, 0.1) is 6.92 Å². The first-order valence-corrected chi connectivity index (χ1v) is 5.67. The Bertz CT molecular complexity index is 650. The van der Waals surface area contributed by atoms with Gasteiger partial charge in [0.25, 0.3) is 5.56 Å². The van der Waals surface area contributed by atoms with Crippen LogP contribution < -0.4 is 5.56 Å². The van der Waals surface area contributed by atoms with Crippen molar-refractivity contribution in [3.8, 4) is 0 Å². The Hall–Kier alpha value is -0.480. The van der Waals surface area contributed by atoms with E-state index in [0.29, 0.717) is 5.69 Å². The largest absolute Gasteiger partial charge is 0.269 e. The maximum absolute atomic E-state index is 11.7. The molecular weight excluding hydrogens is 294 g/mol. The number of pyridine rings is 1. The maximum Gasteiger partial charge on any atom is 0.259 e. The summed E-state index contributed by atoms with van der Waals surface area (Å²) in [7, 11) is 0. The van der Waals surface area contributed by atoms with Crippen LogP contribution in [0.1, 0.15) is 5.69 Å². The lowest BCUT2D eigenvalue weighted by atomic mass is 10.4. The Kier molecular flexibility index (Phi) is 3.05. The highest BCUT2D eigenvalue weighted by molar-refractivity contribution is 6.52. The number of nitrogens with zero attached hydrogens (tertiary/aromatic N) is 2. The molecule has 2 aromatic rings. The van der Waals surface area contributed by atoms with Gasteiger partial charge in [0.2, 0.25) is 0 Å². The van der Waals surface area contributed by atoms with E-state index in [4.69, 9.17) is 46.4 Å². The fourth-order valence-corrected chi connectivity index (χ4v) is 2.25. The van der Waals surface area contributed by atoms with Crippen molar-refractivity contribution in [2.45, 2.75) is 6.92 Å². The molecule has 2 heterocycles. The van der Waals surface area contributed by atoms with Crippen molar-refractivity contribution in [1.29, 1.82) is 0 Å². The number of aromatic nitrogens is 2. The summed E-state index contributed by atoms with van der Waals surface area (Å²) in [4.78, 5) is 15.8. The number of fused-ring (bicyclic) bond motifs is 1. The zero-order chi connectivity index (χ0) is 12.0. The quantitative estimate of drug-likeness (QED) is 0.696. The van der Waals surface area contributed by atoms with Gasteiger partial charge in [-0.05, 0) is 6.92 Å². The number of aryl methyl sites for hydroxylation is 1. The lowest BCUT2D eigenvalue weighted by molar-refractivity contribution is 1.02. The molecule has 0 fully saturated rings. The van der Waals surface area contributed by atoms with E-state index in [1.807, 2.05) is 0 Å². The van der Waals surface area contributed by atoms with Gasteiger partial charge in [0.05, 0.1) is 10.0 Å². The topological polar surface area (TPSA) is 34.4 Å². The van der Waals surface area contributed by atoms with Gasteiger partial charge >= 0.3 is 0 Å². The summed E-state index contributed by atoms with van der Waals surface area (Å²) in [5.74, 6) is 0. The van der Waals surface area contributed by atoms with E-state index in [2.05, 4.69) is 4.98 Å². The van der Waals surface area contributed by atoms with E-state index in [0.717, 1.165) is 4.40 Å². The highest BCUT2D eigenvalue weighted by atomic mass is 35.5. The minimum absolute atomic E-state index is 0.00330. The van der Waals surface area contributed by atoms with Crippen LogP contribution in [0.5, 0.6) is 0 Å². The molecule has 0 saturated carbocycles. The van der Waals surface area contributed by atoms with Crippen molar-refractivity contribution in [1.82, 2.24) is 9.38 Å². The molecule has 0 bridgehead atoms. The molecule has 3 nitrogen and oxygen atoms in total. The third-order valence-electron chi connectivity index (χ3n) is 2.01. The zero-order valence-corrected chi connectivity index (χ0v) is 10.9. The highest BCUT2D eigenvalue weighted by Crippen LogP contribution is 2.36. The third-order valence-corrected chi connectivity index (χ3v) is 3.76. The second kappa shape index (κ2) is 4.08. The van der Waals surface area contributed by atoms with E-state index in [-0.39, 0.29) is 31.4 Å². The number of hydrogen-bond donors (Lipinski definition) is 0. The van der Waals surface area contributed by atoms with Gasteiger partial charge in [0.15, 0.2) is 5.65 Å². The van der Waals surface area contributed by atoms with E-state index in [1.165, 1.54) is 6.07 Å². The lowest BCUT2D eigenvalue weighted by Gasteiger charge is -2.09. The molecule has 0 saturated heterocycles. The lowest BCUT2D eigenvalue weighted by Crippen LogP contribution is -2.16. The minimum atomic E-state index is -0.354. The van der Waals surface area contributed by atoms with Gasteiger partial charge < -0.3 is 0 Å². The molecule has 0 atom stereocenters. The molecule has 0 unspecified atom stereocenters. The van der Waals surface area contributed by atoms with E-state index in [1.54, 1.807) is 6.92 Å². The zero-order valence-electron chi connectivity index (χ0n) is 7.89. The van der Waals surface area contributed by atoms with Gasteiger partial charge in [-0.15, -0.1) is 0 Å². The standard InChI is InChI=1S/C9H4Cl4N2O/c1-3-2-4(16)15-8(13)6(11)5(10)7(12)9(15)14-3/h2H,1H3. The van der Waals surface area contributed by atoms with Crippen LogP contribution in [0.3, 0.4) is 0 Å². The molecule has 0 aliphatic rings. The highest BCUT2D eigenvalue weighted by Gasteiger charge is 2.17. The van der Waals surface area contributed by atoms with Gasteiger partial charge in [-0.25, -0.2) is 9.38 Å². The van der Waals surface area contributed by atoms with Crippen LogP contribution in [-0.2, 0) is 0 Å². The summed E-state index contributed by atoms with van der Waals surface area (Å²) in [5, 5.41) is 0.236. The first-order valence-electron chi connectivity index (χ1n) is 4.16. The van der Waals surface area contributed by atoms with E-state index < -0.39 is 0 Å². The second-order valence-electron chi connectivity index (χ2n) is 3.13. The van der Waals surface area contributed by atoms with Crippen LogP contribution in [0.15, 0.2) is 10.9 Å². The van der Waals surface area contributed by atoms with Crippen molar-refractivity contribution >= 4 is 52.1 Å². The van der Waals surface area contributed by atoms with Gasteiger partial charge in [-0.1, -0.05) is 46.4 Å². The maximum atomic E-state index is 11.7. The molecule has 7 heteroatoms. The summed E-state index contributed by atoms with van der Waals surface area (Å²) in [5.41, 5.74) is 0.375. The summed E-state index contributed by atoms with van der Waals surface area (Å²) in [6.07, 6.45) is 0. The Morgan fingerprint density at radius 2 is 1.75 bits per heavy atom. The van der Waals surface area contributed by atoms with Crippen LogP contribution in [0.2, 0.25) is 20.2 Å². The summed E-state index contributed by atoms with van der Waals surface area (Å²) in [6.45, 7) is 1.67. The molecule has 0 spiro atoms. The molecule has 0 aliphatic carbocycles. The molecule has 0 radical (unpaired) electrons. The van der Waals surface area contributed by atoms with Crippen molar-refractivity contribution in [3.63, 3.8) is 0 Å². The first kappa shape index (κ1) is 12.0. The summed E-state index contributed by atoms with van der Waals surface area (Å²) in [6, 6.07) is 1.33.